The number of piperazine rings is 1. The van der Waals surface area contributed by atoms with Crippen LogP contribution in [0, 0.1) is 11.7 Å². The zero-order valence-electron chi connectivity index (χ0n) is 18.0. The molecular formula is C24H27FN4O3. The minimum absolute atomic E-state index is 0.165. The van der Waals surface area contributed by atoms with Crippen molar-refractivity contribution in [2.45, 2.75) is 19.5 Å². The zero-order valence-corrected chi connectivity index (χ0v) is 18.0. The van der Waals surface area contributed by atoms with E-state index in [4.69, 9.17) is 9.73 Å². The molecule has 2 atom stereocenters. The third-order valence-corrected chi connectivity index (χ3v) is 5.77. The normalized spacial score (nSPS) is 21.6. The lowest BCUT2D eigenvalue weighted by molar-refractivity contribution is -0.153. The summed E-state index contributed by atoms with van der Waals surface area (Å²) in [7, 11) is 0. The Kier molecular flexibility index (Phi) is 6.80. The molecule has 0 spiro atoms. The largest absolute Gasteiger partial charge is 0.465 e. The lowest BCUT2D eigenvalue weighted by Crippen LogP contribution is -2.57. The van der Waals surface area contributed by atoms with Crippen LogP contribution >= 0.6 is 0 Å². The number of guanidine groups is 1. The molecule has 2 aliphatic rings. The molecule has 2 aromatic rings. The first-order valence-corrected chi connectivity index (χ1v) is 10.9. The SMILES string of the molecule is CCOC(=O)[C@H]1C(=O)NC(N2CCN(Cc3ccccc3)CC2)=N[C@@H]1c1ccc(F)cc1. The van der Waals surface area contributed by atoms with Gasteiger partial charge in [-0.25, -0.2) is 9.38 Å². The Labute approximate surface area is 186 Å². The number of nitrogens with one attached hydrogen (secondary N) is 1. The zero-order chi connectivity index (χ0) is 22.5. The third-order valence-electron chi connectivity index (χ3n) is 5.77. The van der Waals surface area contributed by atoms with Gasteiger partial charge in [-0.2, -0.15) is 0 Å². The van der Waals surface area contributed by atoms with Gasteiger partial charge in [-0.05, 0) is 30.2 Å². The van der Waals surface area contributed by atoms with Crippen molar-refractivity contribution in [2.75, 3.05) is 32.8 Å². The van der Waals surface area contributed by atoms with Gasteiger partial charge < -0.3 is 9.64 Å². The Bertz CT molecular complexity index is 972. The predicted octanol–water partition coefficient (Wildman–Crippen LogP) is 2.35. The number of halogens is 1. The molecule has 4 rings (SSSR count). The van der Waals surface area contributed by atoms with Crippen molar-refractivity contribution in [3.63, 3.8) is 0 Å². The molecule has 0 aromatic heterocycles. The number of carbonyl (C=O) groups excluding carboxylic acids is 2. The van der Waals surface area contributed by atoms with E-state index in [1.54, 1.807) is 19.1 Å². The maximum Gasteiger partial charge on any atom is 0.321 e. The van der Waals surface area contributed by atoms with Crippen molar-refractivity contribution in [3.05, 3.63) is 71.5 Å². The number of nitrogens with zero attached hydrogens (tertiary/aromatic N) is 3. The Hall–Kier alpha value is -3.26. The van der Waals surface area contributed by atoms with Crippen molar-refractivity contribution in [1.82, 2.24) is 15.1 Å². The molecule has 1 N–H and O–H groups in total. The molecule has 0 bridgehead atoms. The first-order chi connectivity index (χ1) is 15.5. The van der Waals surface area contributed by atoms with Crippen molar-refractivity contribution in [1.29, 1.82) is 0 Å². The Morgan fingerprint density at radius 3 is 2.44 bits per heavy atom. The van der Waals surface area contributed by atoms with Crippen LogP contribution in [0.1, 0.15) is 24.1 Å². The van der Waals surface area contributed by atoms with Crippen molar-refractivity contribution in [3.8, 4) is 0 Å². The standard InChI is InChI=1S/C24H27FN4O3/c1-2-32-23(31)20-21(18-8-10-19(25)11-9-18)26-24(27-22(20)30)29-14-12-28(13-15-29)16-17-6-4-3-5-7-17/h3-11,20-21H,2,12-16H2,1H3,(H,26,27,30)/t20-,21-/m1/s1. The highest BCUT2D eigenvalue weighted by Crippen LogP contribution is 2.31. The lowest BCUT2D eigenvalue weighted by Gasteiger charge is -2.39. The minimum atomic E-state index is -1.11. The van der Waals surface area contributed by atoms with Gasteiger partial charge in [0, 0.05) is 32.7 Å². The van der Waals surface area contributed by atoms with E-state index in [2.05, 4.69) is 22.3 Å². The Morgan fingerprint density at radius 1 is 1.09 bits per heavy atom. The maximum absolute atomic E-state index is 13.4. The number of esters is 1. The number of benzene rings is 2. The van der Waals surface area contributed by atoms with Crippen molar-refractivity contribution >= 4 is 17.8 Å². The molecule has 8 heteroatoms. The van der Waals surface area contributed by atoms with E-state index in [1.807, 2.05) is 23.1 Å². The van der Waals surface area contributed by atoms with Gasteiger partial charge in [0.15, 0.2) is 5.92 Å². The van der Waals surface area contributed by atoms with Gasteiger partial charge in [-0.3, -0.25) is 19.8 Å². The van der Waals surface area contributed by atoms with Crippen LogP contribution < -0.4 is 5.32 Å². The second-order valence-electron chi connectivity index (χ2n) is 7.92. The molecule has 2 heterocycles. The van der Waals surface area contributed by atoms with Crippen LogP contribution in [-0.4, -0.2) is 60.4 Å². The lowest BCUT2D eigenvalue weighted by atomic mass is 9.91. The van der Waals surface area contributed by atoms with Crippen LogP contribution in [0.2, 0.25) is 0 Å². The second-order valence-corrected chi connectivity index (χ2v) is 7.92. The summed E-state index contributed by atoms with van der Waals surface area (Å²) in [5.74, 6) is -2.13. The van der Waals surface area contributed by atoms with Crippen molar-refractivity contribution in [2.24, 2.45) is 10.9 Å². The molecule has 0 unspecified atom stereocenters. The van der Waals surface area contributed by atoms with Gasteiger partial charge in [0.1, 0.15) is 11.9 Å². The Morgan fingerprint density at radius 2 is 1.78 bits per heavy atom. The van der Waals surface area contributed by atoms with Crippen LogP contribution in [0.25, 0.3) is 0 Å². The topological polar surface area (TPSA) is 74.2 Å². The van der Waals surface area contributed by atoms with Gasteiger partial charge in [-0.15, -0.1) is 0 Å². The van der Waals surface area contributed by atoms with Gasteiger partial charge in [0.05, 0.1) is 6.61 Å². The summed E-state index contributed by atoms with van der Waals surface area (Å²) < 4.78 is 18.6. The van der Waals surface area contributed by atoms with Gasteiger partial charge in [0.25, 0.3) is 0 Å². The number of ether oxygens (including phenoxy) is 1. The fourth-order valence-corrected chi connectivity index (χ4v) is 4.08. The summed E-state index contributed by atoms with van der Waals surface area (Å²) in [5, 5.41) is 2.79. The van der Waals surface area contributed by atoms with E-state index in [0.29, 0.717) is 24.6 Å². The first kappa shape index (κ1) is 22.0. The number of carbonyl (C=O) groups is 2. The molecule has 2 aliphatic heterocycles. The second kappa shape index (κ2) is 9.91. The van der Waals surface area contributed by atoms with Crippen LogP contribution in [0.3, 0.4) is 0 Å². The quantitative estimate of drug-likeness (QED) is 0.573. The smallest absolute Gasteiger partial charge is 0.321 e. The fourth-order valence-electron chi connectivity index (χ4n) is 4.08. The van der Waals surface area contributed by atoms with E-state index in [0.717, 1.165) is 19.6 Å². The predicted molar refractivity (Wildman–Crippen MR) is 118 cm³/mol. The molecule has 1 fully saturated rings. The van der Waals surface area contributed by atoms with Crippen LogP contribution in [-0.2, 0) is 20.9 Å². The number of aliphatic imine (C=N–C) groups is 1. The summed E-state index contributed by atoms with van der Waals surface area (Å²) in [4.78, 5) is 34.5. The highest BCUT2D eigenvalue weighted by Gasteiger charge is 2.42. The average Bonchev–Trinajstić information content (AvgIpc) is 2.80. The van der Waals surface area contributed by atoms with Crippen LogP contribution in [0.5, 0.6) is 0 Å². The monoisotopic (exact) mass is 438 g/mol. The Balaban J connectivity index is 1.51. The molecular weight excluding hydrogens is 411 g/mol. The average molecular weight is 439 g/mol. The molecule has 0 aliphatic carbocycles. The van der Waals surface area contributed by atoms with E-state index < -0.39 is 23.8 Å². The maximum atomic E-state index is 13.4. The summed E-state index contributed by atoms with van der Waals surface area (Å²) in [5.41, 5.74) is 1.86. The molecule has 7 nitrogen and oxygen atoms in total. The van der Waals surface area contributed by atoms with Crippen LogP contribution in [0.4, 0.5) is 4.39 Å². The van der Waals surface area contributed by atoms with Gasteiger partial charge >= 0.3 is 5.97 Å². The van der Waals surface area contributed by atoms with E-state index in [-0.39, 0.29) is 12.4 Å². The summed E-state index contributed by atoms with van der Waals surface area (Å²) in [6, 6.07) is 15.3. The third kappa shape index (κ3) is 4.96. The first-order valence-electron chi connectivity index (χ1n) is 10.9. The van der Waals surface area contributed by atoms with E-state index >= 15 is 0 Å². The van der Waals surface area contributed by atoms with Crippen LogP contribution in [0.15, 0.2) is 59.6 Å². The van der Waals surface area contributed by atoms with E-state index in [1.165, 1.54) is 17.7 Å². The molecule has 168 valence electrons. The number of hydrogen-bond donors (Lipinski definition) is 1. The summed E-state index contributed by atoms with van der Waals surface area (Å²) >= 11 is 0. The summed E-state index contributed by atoms with van der Waals surface area (Å²) in [6.07, 6.45) is 0. The highest BCUT2D eigenvalue weighted by molar-refractivity contribution is 6.08. The van der Waals surface area contributed by atoms with Crippen molar-refractivity contribution < 1.29 is 18.7 Å². The fraction of sp³-hybridized carbons (Fsp3) is 0.375. The number of rotatable bonds is 5. The van der Waals surface area contributed by atoms with Gasteiger partial charge in [0.2, 0.25) is 11.9 Å². The molecule has 2 aromatic carbocycles. The minimum Gasteiger partial charge on any atom is -0.465 e. The van der Waals surface area contributed by atoms with E-state index in [9.17, 15) is 14.0 Å². The molecule has 32 heavy (non-hydrogen) atoms. The molecule has 0 radical (unpaired) electrons. The number of amides is 1. The van der Waals surface area contributed by atoms with Gasteiger partial charge in [-0.1, -0.05) is 42.5 Å². The summed E-state index contributed by atoms with van der Waals surface area (Å²) in [6.45, 7) is 5.78. The molecule has 1 saturated heterocycles. The number of hydrogen-bond acceptors (Lipinski definition) is 6. The molecule has 1 amide bonds. The highest BCUT2D eigenvalue weighted by atomic mass is 19.1. The molecule has 0 saturated carbocycles.